The monoisotopic (exact) mass is 322 g/mol. The van der Waals surface area contributed by atoms with Crippen LogP contribution in [0.1, 0.15) is 40.1 Å². The quantitative estimate of drug-likeness (QED) is 0.593. The second kappa shape index (κ2) is 8.56. The Labute approximate surface area is 134 Å². The predicted molar refractivity (Wildman–Crippen MR) is 82.5 cm³/mol. The molecule has 1 aliphatic rings. The number of pyridine rings is 1. The SMILES string of the molecule is NC(=O)c1ncccc1C(=O)NOCC(O)CN1CCCCC1. The summed E-state index contributed by atoms with van der Waals surface area (Å²) in [6.45, 7) is 2.42. The van der Waals surface area contributed by atoms with Crippen LogP contribution in [-0.2, 0) is 4.84 Å². The molecule has 126 valence electrons. The molecule has 0 radical (unpaired) electrons. The second-order valence-corrected chi connectivity index (χ2v) is 5.52. The standard InChI is InChI=1S/C15H22N4O4/c16-14(21)13-12(5-4-6-17-13)15(22)18-23-10-11(20)9-19-7-2-1-3-8-19/h4-6,11,20H,1-3,7-10H2,(H2,16,21)(H,18,22). The number of nitrogens with two attached hydrogens (primary N) is 1. The molecule has 8 heteroatoms. The molecular weight excluding hydrogens is 300 g/mol. The topological polar surface area (TPSA) is 118 Å². The Morgan fingerprint density at radius 1 is 1.39 bits per heavy atom. The Hall–Kier alpha value is -2.03. The Kier molecular flexibility index (Phi) is 6.45. The molecule has 0 aromatic carbocycles. The number of hydroxylamine groups is 1. The highest BCUT2D eigenvalue weighted by atomic mass is 16.7. The van der Waals surface area contributed by atoms with Crippen LogP contribution in [0.25, 0.3) is 0 Å². The van der Waals surface area contributed by atoms with Crippen molar-refractivity contribution >= 4 is 11.8 Å². The number of primary amides is 1. The number of amides is 2. The first-order chi connectivity index (χ1) is 11.1. The molecule has 0 aliphatic carbocycles. The van der Waals surface area contributed by atoms with Crippen LogP contribution in [0.3, 0.4) is 0 Å². The van der Waals surface area contributed by atoms with Crippen LogP contribution >= 0.6 is 0 Å². The van der Waals surface area contributed by atoms with Crippen molar-refractivity contribution in [2.75, 3.05) is 26.2 Å². The van der Waals surface area contributed by atoms with E-state index in [-0.39, 0.29) is 17.9 Å². The summed E-state index contributed by atoms with van der Waals surface area (Å²) in [7, 11) is 0. The summed E-state index contributed by atoms with van der Waals surface area (Å²) in [4.78, 5) is 34.2. The first-order valence-corrected chi connectivity index (χ1v) is 7.65. The van der Waals surface area contributed by atoms with Crippen LogP contribution in [0, 0.1) is 0 Å². The average molecular weight is 322 g/mol. The van der Waals surface area contributed by atoms with E-state index in [1.807, 2.05) is 0 Å². The average Bonchev–Trinajstić information content (AvgIpc) is 2.55. The molecule has 1 aromatic heterocycles. The molecule has 1 fully saturated rings. The molecule has 2 rings (SSSR count). The lowest BCUT2D eigenvalue weighted by Crippen LogP contribution is -2.39. The Bertz CT molecular complexity index is 546. The summed E-state index contributed by atoms with van der Waals surface area (Å²) in [6.07, 6.45) is 4.19. The van der Waals surface area contributed by atoms with Gasteiger partial charge in [0.15, 0.2) is 0 Å². The molecule has 23 heavy (non-hydrogen) atoms. The van der Waals surface area contributed by atoms with Crippen LogP contribution in [0.5, 0.6) is 0 Å². The van der Waals surface area contributed by atoms with Crippen molar-refractivity contribution < 1.29 is 19.5 Å². The fourth-order valence-corrected chi connectivity index (χ4v) is 2.54. The van der Waals surface area contributed by atoms with Crippen LogP contribution in [0.2, 0.25) is 0 Å². The summed E-state index contributed by atoms with van der Waals surface area (Å²) in [5.41, 5.74) is 7.27. The Morgan fingerprint density at radius 2 is 2.13 bits per heavy atom. The van der Waals surface area contributed by atoms with E-state index in [4.69, 9.17) is 10.6 Å². The molecule has 2 heterocycles. The van der Waals surface area contributed by atoms with Crippen molar-refractivity contribution in [2.24, 2.45) is 5.73 Å². The lowest BCUT2D eigenvalue weighted by Gasteiger charge is -2.28. The number of aliphatic hydroxyl groups is 1. The zero-order chi connectivity index (χ0) is 16.7. The first-order valence-electron chi connectivity index (χ1n) is 7.65. The third-order valence-corrected chi connectivity index (χ3v) is 3.64. The van der Waals surface area contributed by atoms with E-state index in [9.17, 15) is 14.7 Å². The fraction of sp³-hybridized carbons (Fsp3) is 0.533. The third-order valence-electron chi connectivity index (χ3n) is 3.64. The van der Waals surface area contributed by atoms with E-state index in [1.54, 1.807) is 0 Å². The molecule has 1 saturated heterocycles. The maximum Gasteiger partial charge on any atom is 0.277 e. The Morgan fingerprint density at radius 3 is 2.83 bits per heavy atom. The van der Waals surface area contributed by atoms with Gasteiger partial charge in [-0.3, -0.25) is 19.4 Å². The smallest absolute Gasteiger partial charge is 0.277 e. The van der Waals surface area contributed by atoms with Crippen molar-refractivity contribution in [3.8, 4) is 0 Å². The number of piperidine rings is 1. The van der Waals surface area contributed by atoms with Crippen molar-refractivity contribution in [2.45, 2.75) is 25.4 Å². The summed E-state index contributed by atoms with van der Waals surface area (Å²) in [5.74, 6) is -1.42. The third kappa shape index (κ3) is 5.27. The van der Waals surface area contributed by atoms with Gasteiger partial charge in [0, 0.05) is 12.7 Å². The number of hydrogen-bond donors (Lipinski definition) is 3. The minimum absolute atomic E-state index is 0.0329. The van der Waals surface area contributed by atoms with E-state index in [1.165, 1.54) is 24.8 Å². The van der Waals surface area contributed by atoms with Gasteiger partial charge in [-0.1, -0.05) is 6.42 Å². The van der Waals surface area contributed by atoms with Gasteiger partial charge in [0.25, 0.3) is 11.8 Å². The number of carbonyl (C=O) groups excluding carboxylic acids is 2. The summed E-state index contributed by atoms with van der Waals surface area (Å²) in [5, 5.41) is 9.92. The molecule has 8 nitrogen and oxygen atoms in total. The van der Waals surface area contributed by atoms with Crippen molar-refractivity contribution in [3.63, 3.8) is 0 Å². The van der Waals surface area contributed by atoms with Crippen LogP contribution in [0.15, 0.2) is 18.3 Å². The van der Waals surface area contributed by atoms with Crippen LogP contribution in [-0.4, -0.2) is 59.1 Å². The maximum absolute atomic E-state index is 12.0. The van der Waals surface area contributed by atoms with Gasteiger partial charge in [-0.15, -0.1) is 0 Å². The van der Waals surface area contributed by atoms with Gasteiger partial charge in [0.1, 0.15) is 12.3 Å². The van der Waals surface area contributed by atoms with E-state index in [0.29, 0.717) is 6.54 Å². The minimum Gasteiger partial charge on any atom is -0.389 e. The Balaban J connectivity index is 1.77. The zero-order valence-electron chi connectivity index (χ0n) is 12.9. The lowest BCUT2D eigenvalue weighted by molar-refractivity contribution is -0.0243. The van der Waals surface area contributed by atoms with Gasteiger partial charge in [-0.05, 0) is 38.1 Å². The predicted octanol–water partition coefficient (Wildman–Crippen LogP) is -0.311. The zero-order valence-corrected chi connectivity index (χ0v) is 12.9. The molecule has 0 saturated carbocycles. The number of nitrogens with one attached hydrogen (secondary N) is 1. The highest BCUT2D eigenvalue weighted by molar-refractivity contribution is 6.04. The largest absolute Gasteiger partial charge is 0.389 e. The van der Waals surface area contributed by atoms with Crippen molar-refractivity contribution in [1.29, 1.82) is 0 Å². The molecule has 1 aliphatic heterocycles. The number of β-amino-alcohol motifs (C(OH)–C–C–N with tert-alkyl or cyclic N) is 1. The van der Waals surface area contributed by atoms with E-state index in [0.717, 1.165) is 25.9 Å². The second-order valence-electron chi connectivity index (χ2n) is 5.52. The van der Waals surface area contributed by atoms with Gasteiger partial charge in [0.2, 0.25) is 0 Å². The molecule has 2 amide bonds. The molecule has 4 N–H and O–H groups in total. The lowest BCUT2D eigenvalue weighted by atomic mass is 10.1. The molecular formula is C15H22N4O4. The molecule has 1 unspecified atom stereocenters. The highest BCUT2D eigenvalue weighted by Crippen LogP contribution is 2.09. The van der Waals surface area contributed by atoms with E-state index in [2.05, 4.69) is 15.4 Å². The maximum atomic E-state index is 12.0. The number of rotatable bonds is 7. The van der Waals surface area contributed by atoms with Gasteiger partial charge < -0.3 is 15.7 Å². The van der Waals surface area contributed by atoms with Crippen LogP contribution < -0.4 is 11.2 Å². The van der Waals surface area contributed by atoms with Gasteiger partial charge in [-0.2, -0.15) is 0 Å². The number of likely N-dealkylation sites (tertiary alicyclic amines) is 1. The normalized spacial score (nSPS) is 16.7. The number of nitrogens with zero attached hydrogens (tertiary/aromatic N) is 2. The number of carbonyl (C=O) groups is 2. The highest BCUT2D eigenvalue weighted by Gasteiger charge is 2.18. The summed E-state index contributed by atoms with van der Waals surface area (Å²) < 4.78 is 0. The van der Waals surface area contributed by atoms with E-state index < -0.39 is 17.9 Å². The molecule has 1 atom stereocenters. The number of aliphatic hydroxyl groups excluding tert-OH is 1. The molecule has 1 aromatic rings. The number of aromatic nitrogens is 1. The van der Waals surface area contributed by atoms with Gasteiger partial charge in [0.05, 0.1) is 11.7 Å². The van der Waals surface area contributed by atoms with Gasteiger partial charge >= 0.3 is 0 Å². The van der Waals surface area contributed by atoms with Crippen LogP contribution in [0.4, 0.5) is 0 Å². The fourth-order valence-electron chi connectivity index (χ4n) is 2.54. The van der Waals surface area contributed by atoms with Crippen molar-refractivity contribution in [3.05, 3.63) is 29.6 Å². The summed E-state index contributed by atoms with van der Waals surface area (Å²) in [6, 6.07) is 2.95. The minimum atomic E-state index is -0.791. The molecule has 0 bridgehead atoms. The summed E-state index contributed by atoms with van der Waals surface area (Å²) >= 11 is 0. The first kappa shape index (κ1) is 17.3. The number of hydrogen-bond acceptors (Lipinski definition) is 6. The molecule has 0 spiro atoms. The van der Waals surface area contributed by atoms with Crippen molar-refractivity contribution in [1.82, 2.24) is 15.4 Å². The van der Waals surface area contributed by atoms with Gasteiger partial charge in [-0.25, -0.2) is 5.48 Å². The van der Waals surface area contributed by atoms with E-state index >= 15 is 0 Å².